The number of aromatic nitrogens is 2. The molecule has 0 saturated heterocycles. The van der Waals surface area contributed by atoms with Gasteiger partial charge in [-0.05, 0) is 44.2 Å². The van der Waals surface area contributed by atoms with E-state index in [9.17, 15) is 32.9 Å². The third-order valence-electron chi connectivity index (χ3n) is 6.30. The Hall–Kier alpha value is -4.66. The van der Waals surface area contributed by atoms with Crippen molar-refractivity contribution in [3.8, 4) is 5.69 Å². The van der Waals surface area contributed by atoms with Crippen LogP contribution in [0.1, 0.15) is 23.0 Å². The number of nitro groups is 1. The van der Waals surface area contributed by atoms with Crippen LogP contribution in [-0.4, -0.2) is 40.7 Å². The van der Waals surface area contributed by atoms with E-state index >= 15 is 0 Å². The van der Waals surface area contributed by atoms with Gasteiger partial charge in [0.25, 0.3) is 27.2 Å². The van der Waals surface area contributed by atoms with Crippen LogP contribution >= 0.6 is 23.2 Å². The molecule has 0 aliphatic heterocycles. The van der Waals surface area contributed by atoms with E-state index < -0.39 is 48.9 Å². The molecule has 0 spiro atoms. The molecule has 43 heavy (non-hydrogen) atoms. The minimum atomic E-state index is -4.55. The Kier molecular flexibility index (Phi) is 8.94. The first kappa shape index (κ1) is 31.3. The average Bonchev–Trinajstić information content (AvgIpc) is 3.15. The third-order valence-corrected chi connectivity index (χ3v) is 8.43. The molecule has 2 N–H and O–H groups in total. The van der Waals surface area contributed by atoms with E-state index in [1.54, 1.807) is 44.3 Å². The molecule has 0 radical (unpaired) electrons. The molecule has 0 bridgehead atoms. The Balaban J connectivity index is 1.58. The number of nitrogens with one attached hydrogen (secondary N) is 2. The number of esters is 1. The molecule has 4 aromatic rings. The fourth-order valence-electron chi connectivity index (χ4n) is 3.99. The summed E-state index contributed by atoms with van der Waals surface area (Å²) in [6, 6.07) is 15.6. The molecule has 1 amide bonds. The lowest BCUT2D eigenvalue weighted by Gasteiger charge is -2.15. The number of halogens is 2. The van der Waals surface area contributed by atoms with Gasteiger partial charge in [0.1, 0.15) is 10.6 Å². The molecule has 224 valence electrons. The molecule has 3 aromatic carbocycles. The third kappa shape index (κ3) is 6.56. The van der Waals surface area contributed by atoms with Crippen molar-refractivity contribution in [3.63, 3.8) is 0 Å². The molecule has 0 aliphatic carbocycles. The van der Waals surface area contributed by atoms with Gasteiger partial charge in [-0.1, -0.05) is 47.5 Å². The first-order valence-electron chi connectivity index (χ1n) is 12.3. The monoisotopic (exact) mass is 647 g/mol. The molecule has 1 unspecified atom stereocenters. The van der Waals surface area contributed by atoms with E-state index in [2.05, 4.69) is 10.0 Å². The molecule has 4 rings (SSSR count). The van der Waals surface area contributed by atoms with Gasteiger partial charge in [-0.2, -0.15) is 0 Å². The Labute approximate surface area is 254 Å². The number of benzene rings is 3. The van der Waals surface area contributed by atoms with E-state index in [4.69, 9.17) is 27.9 Å². The van der Waals surface area contributed by atoms with Crippen molar-refractivity contribution in [2.24, 2.45) is 7.05 Å². The van der Waals surface area contributed by atoms with Crippen molar-refractivity contribution in [2.75, 3.05) is 10.0 Å². The second kappa shape index (κ2) is 12.3. The minimum Gasteiger partial charge on any atom is -0.449 e. The largest absolute Gasteiger partial charge is 0.449 e. The highest BCUT2D eigenvalue weighted by molar-refractivity contribution is 7.92. The highest BCUT2D eigenvalue weighted by atomic mass is 35.5. The number of amides is 1. The van der Waals surface area contributed by atoms with Crippen LogP contribution in [0.2, 0.25) is 10.0 Å². The number of sulfonamides is 1. The van der Waals surface area contributed by atoms with Crippen LogP contribution in [0, 0.1) is 17.0 Å². The van der Waals surface area contributed by atoms with Gasteiger partial charge in [-0.25, -0.2) is 17.9 Å². The quantitative estimate of drug-likeness (QED) is 0.150. The van der Waals surface area contributed by atoms with Crippen LogP contribution < -0.4 is 15.6 Å². The zero-order chi connectivity index (χ0) is 31.6. The number of nitrogens with zero attached hydrogens (tertiary/aromatic N) is 3. The topological polar surface area (TPSA) is 172 Å². The number of carbonyl (C=O) groups is 2. The second-order valence-corrected chi connectivity index (χ2v) is 11.6. The number of anilines is 2. The molecule has 1 aromatic heterocycles. The van der Waals surface area contributed by atoms with Crippen LogP contribution in [0.25, 0.3) is 5.69 Å². The van der Waals surface area contributed by atoms with Crippen molar-refractivity contribution in [2.45, 2.75) is 24.8 Å². The summed E-state index contributed by atoms with van der Waals surface area (Å²) < 4.78 is 37.0. The number of hydrogen-bond acceptors (Lipinski definition) is 8. The summed E-state index contributed by atoms with van der Waals surface area (Å²) in [4.78, 5) is 48.5. The average molecular weight is 648 g/mol. The summed E-state index contributed by atoms with van der Waals surface area (Å²) in [7, 11) is -2.97. The molecular formula is C27H23Cl2N5O8S. The van der Waals surface area contributed by atoms with Gasteiger partial charge in [0.2, 0.25) is 0 Å². The SMILES string of the molecule is Cc1c(NS(=O)(=O)c2cc(C(=O)OC(C)C(=O)Nc3cccc([N+](=O)[O-])c3)c(Cl)cc2Cl)c(=O)n(-c2ccccc2)n1C. The summed E-state index contributed by atoms with van der Waals surface area (Å²) in [5, 5.41) is 12.8. The second-order valence-electron chi connectivity index (χ2n) is 9.15. The van der Waals surface area contributed by atoms with Gasteiger partial charge >= 0.3 is 5.97 Å². The van der Waals surface area contributed by atoms with E-state index in [1.807, 2.05) is 0 Å². The number of para-hydroxylation sites is 1. The van der Waals surface area contributed by atoms with Gasteiger partial charge in [-0.15, -0.1) is 0 Å². The predicted molar refractivity (Wildman–Crippen MR) is 160 cm³/mol. The smallest absolute Gasteiger partial charge is 0.340 e. The number of hydrogen-bond donors (Lipinski definition) is 2. The zero-order valence-electron chi connectivity index (χ0n) is 22.7. The maximum absolute atomic E-state index is 13.4. The summed E-state index contributed by atoms with van der Waals surface area (Å²) >= 11 is 12.4. The molecular weight excluding hydrogens is 625 g/mol. The number of non-ortho nitro benzene ring substituents is 1. The summed E-state index contributed by atoms with van der Waals surface area (Å²) in [5.74, 6) is -1.97. The van der Waals surface area contributed by atoms with Gasteiger partial charge < -0.3 is 10.1 Å². The fourth-order valence-corrected chi connectivity index (χ4v) is 5.95. The number of carbonyl (C=O) groups excluding carboxylic acids is 2. The molecule has 0 fully saturated rings. The molecule has 13 nitrogen and oxygen atoms in total. The summed E-state index contributed by atoms with van der Waals surface area (Å²) in [5.41, 5.74) is -0.688. The van der Waals surface area contributed by atoms with Crippen molar-refractivity contribution in [1.82, 2.24) is 9.36 Å². The van der Waals surface area contributed by atoms with Crippen molar-refractivity contribution >= 4 is 62.2 Å². The van der Waals surface area contributed by atoms with E-state index in [1.165, 1.54) is 34.5 Å². The van der Waals surface area contributed by atoms with Gasteiger partial charge in [0.15, 0.2) is 6.10 Å². The Morgan fingerprint density at radius 2 is 1.70 bits per heavy atom. The lowest BCUT2D eigenvalue weighted by atomic mass is 10.2. The van der Waals surface area contributed by atoms with Crippen molar-refractivity contribution in [1.29, 1.82) is 0 Å². The normalized spacial score (nSPS) is 11.9. The standard InChI is InChI=1S/C27H23Cl2N5O8S/c1-15-24(26(36)33(32(15)3)18-9-5-4-6-10-18)31-43(40,41)23-13-20(21(28)14-22(23)29)27(37)42-16(2)25(35)30-17-8-7-11-19(12-17)34(38)39/h4-14,16,31H,1-3H3,(H,30,35). The maximum Gasteiger partial charge on any atom is 0.340 e. The van der Waals surface area contributed by atoms with Gasteiger partial charge in [0.05, 0.1) is 31.9 Å². The molecule has 16 heteroatoms. The Morgan fingerprint density at radius 1 is 1.02 bits per heavy atom. The highest BCUT2D eigenvalue weighted by Crippen LogP contribution is 2.31. The zero-order valence-corrected chi connectivity index (χ0v) is 25.0. The van der Waals surface area contributed by atoms with E-state index in [-0.39, 0.29) is 27.1 Å². The Morgan fingerprint density at radius 3 is 2.35 bits per heavy atom. The van der Waals surface area contributed by atoms with Gasteiger partial charge in [0, 0.05) is 24.9 Å². The highest BCUT2D eigenvalue weighted by Gasteiger charge is 2.28. The number of nitro benzene ring substituents is 1. The first-order valence-corrected chi connectivity index (χ1v) is 14.6. The molecule has 1 heterocycles. The summed E-state index contributed by atoms with van der Waals surface area (Å²) in [6.07, 6.45) is -1.42. The molecule has 0 saturated carbocycles. The van der Waals surface area contributed by atoms with Crippen LogP contribution in [-0.2, 0) is 26.6 Å². The van der Waals surface area contributed by atoms with Gasteiger partial charge in [-0.3, -0.25) is 29.1 Å². The fraction of sp³-hybridized carbons (Fsp3) is 0.148. The number of rotatable bonds is 9. The van der Waals surface area contributed by atoms with Crippen LogP contribution in [0.15, 0.2) is 76.4 Å². The van der Waals surface area contributed by atoms with Crippen LogP contribution in [0.5, 0.6) is 0 Å². The maximum atomic E-state index is 13.4. The lowest BCUT2D eigenvalue weighted by Crippen LogP contribution is -2.30. The first-order chi connectivity index (χ1) is 20.2. The molecule has 1 atom stereocenters. The van der Waals surface area contributed by atoms with E-state index in [0.29, 0.717) is 11.4 Å². The van der Waals surface area contributed by atoms with Crippen LogP contribution in [0.4, 0.5) is 17.1 Å². The summed E-state index contributed by atoms with van der Waals surface area (Å²) in [6.45, 7) is 2.79. The lowest BCUT2D eigenvalue weighted by molar-refractivity contribution is -0.384. The minimum absolute atomic E-state index is 0.0913. The number of ether oxygens (including phenoxy) is 1. The predicted octanol–water partition coefficient (Wildman–Crippen LogP) is 4.68. The molecule has 0 aliphatic rings. The van der Waals surface area contributed by atoms with Crippen molar-refractivity contribution < 1.29 is 27.7 Å². The van der Waals surface area contributed by atoms with Crippen molar-refractivity contribution in [3.05, 3.63) is 109 Å². The van der Waals surface area contributed by atoms with E-state index in [0.717, 1.165) is 18.2 Å². The van der Waals surface area contributed by atoms with Crippen LogP contribution in [0.3, 0.4) is 0 Å². The Bertz CT molecular complexity index is 1920.